The number of aliphatic hydroxyl groups is 3. The second-order valence-corrected chi connectivity index (χ2v) is 5.55. The maximum absolute atomic E-state index is 12.0. The van der Waals surface area contributed by atoms with E-state index in [1.807, 2.05) is 0 Å². The summed E-state index contributed by atoms with van der Waals surface area (Å²) in [5.41, 5.74) is -0.450. The number of aromatic nitrogens is 3. The molecule has 1 aliphatic rings. The van der Waals surface area contributed by atoms with Crippen molar-refractivity contribution < 1.29 is 20.1 Å². The number of rotatable bonds is 4. The summed E-state index contributed by atoms with van der Waals surface area (Å²) in [4.78, 5) is 30.3. The first-order chi connectivity index (χ1) is 11.5. The molecular formula is C15H17N3O6. The van der Waals surface area contributed by atoms with Gasteiger partial charge in [-0.25, -0.2) is 4.79 Å². The third-order valence-electron chi connectivity index (χ3n) is 3.93. The Balaban J connectivity index is 1.96. The lowest BCUT2D eigenvalue weighted by molar-refractivity contribution is -0.0551. The van der Waals surface area contributed by atoms with Crippen LogP contribution in [0.3, 0.4) is 0 Å². The standard InChI is InChI=1S/C15H17N3O6/c19-7-10-11(20)12(21)14(24-10)18-6-8(13(22)17-15(18)23)5-9-3-1-2-4-16-9/h1-4,6,10-12,14,19-21H,5,7H2,(H,17,22,23)/t10-,11-,12-,14-/m1/s1. The first-order valence-electron chi connectivity index (χ1n) is 7.38. The monoisotopic (exact) mass is 335 g/mol. The van der Waals surface area contributed by atoms with E-state index in [0.717, 1.165) is 4.57 Å². The van der Waals surface area contributed by atoms with Gasteiger partial charge in [-0.3, -0.25) is 19.3 Å². The highest BCUT2D eigenvalue weighted by molar-refractivity contribution is 5.16. The number of pyridine rings is 1. The molecule has 3 rings (SSSR count). The predicted octanol–water partition coefficient (Wildman–Crippen LogP) is -1.87. The van der Waals surface area contributed by atoms with E-state index in [0.29, 0.717) is 5.69 Å². The van der Waals surface area contributed by atoms with Gasteiger partial charge in [0, 0.05) is 30.1 Å². The summed E-state index contributed by atoms with van der Waals surface area (Å²) in [6.45, 7) is -0.506. The summed E-state index contributed by atoms with van der Waals surface area (Å²) in [5.74, 6) is 0. The van der Waals surface area contributed by atoms with E-state index in [4.69, 9.17) is 9.84 Å². The highest BCUT2D eigenvalue weighted by Crippen LogP contribution is 2.28. The Hall–Kier alpha value is -2.33. The highest BCUT2D eigenvalue weighted by atomic mass is 16.6. The van der Waals surface area contributed by atoms with Crippen molar-refractivity contribution in [2.75, 3.05) is 6.61 Å². The molecule has 4 atom stereocenters. The number of hydrogen-bond acceptors (Lipinski definition) is 7. The van der Waals surface area contributed by atoms with Crippen molar-refractivity contribution in [1.82, 2.24) is 14.5 Å². The third-order valence-corrected chi connectivity index (χ3v) is 3.93. The van der Waals surface area contributed by atoms with Crippen molar-refractivity contribution in [1.29, 1.82) is 0 Å². The summed E-state index contributed by atoms with van der Waals surface area (Å²) in [6, 6.07) is 5.26. The van der Waals surface area contributed by atoms with Gasteiger partial charge < -0.3 is 20.1 Å². The molecule has 24 heavy (non-hydrogen) atoms. The minimum Gasteiger partial charge on any atom is -0.394 e. The minimum atomic E-state index is -1.41. The van der Waals surface area contributed by atoms with Crippen LogP contribution in [0, 0.1) is 0 Å². The van der Waals surface area contributed by atoms with Gasteiger partial charge in [-0.05, 0) is 12.1 Å². The van der Waals surface area contributed by atoms with Crippen LogP contribution in [0.5, 0.6) is 0 Å². The molecule has 9 heteroatoms. The molecule has 0 unspecified atom stereocenters. The Labute approximate surface area is 135 Å². The Morgan fingerprint density at radius 2 is 2.04 bits per heavy atom. The van der Waals surface area contributed by atoms with Crippen LogP contribution in [-0.4, -0.2) is 54.8 Å². The summed E-state index contributed by atoms with van der Waals surface area (Å²) >= 11 is 0. The lowest BCUT2D eigenvalue weighted by atomic mass is 10.1. The van der Waals surface area contributed by atoms with Crippen LogP contribution in [-0.2, 0) is 11.2 Å². The lowest BCUT2D eigenvalue weighted by Crippen LogP contribution is -2.39. The second kappa shape index (κ2) is 6.65. The first kappa shape index (κ1) is 16.5. The van der Waals surface area contributed by atoms with Gasteiger partial charge >= 0.3 is 5.69 Å². The average Bonchev–Trinajstić information content (AvgIpc) is 2.86. The van der Waals surface area contributed by atoms with Crippen LogP contribution in [0.4, 0.5) is 0 Å². The van der Waals surface area contributed by atoms with Gasteiger partial charge in [0.15, 0.2) is 6.23 Å². The molecule has 3 heterocycles. The molecule has 2 aromatic heterocycles. The van der Waals surface area contributed by atoms with E-state index in [1.165, 1.54) is 6.20 Å². The third kappa shape index (κ3) is 3.02. The van der Waals surface area contributed by atoms with Gasteiger partial charge in [0.05, 0.1) is 6.61 Å². The van der Waals surface area contributed by atoms with Crippen LogP contribution in [0.15, 0.2) is 40.2 Å². The molecule has 0 spiro atoms. The van der Waals surface area contributed by atoms with Crippen LogP contribution in [0.25, 0.3) is 0 Å². The molecule has 0 amide bonds. The zero-order chi connectivity index (χ0) is 17.3. The smallest absolute Gasteiger partial charge is 0.330 e. The Bertz CT molecular complexity index is 818. The quantitative estimate of drug-likeness (QED) is 0.514. The zero-order valence-corrected chi connectivity index (χ0v) is 12.6. The summed E-state index contributed by atoms with van der Waals surface area (Å²) in [7, 11) is 0. The fraction of sp³-hybridized carbons (Fsp3) is 0.400. The molecule has 1 fully saturated rings. The summed E-state index contributed by atoms with van der Waals surface area (Å²) < 4.78 is 6.33. The van der Waals surface area contributed by atoms with Gasteiger partial charge in [0.25, 0.3) is 5.56 Å². The number of nitrogens with zero attached hydrogens (tertiary/aromatic N) is 2. The molecule has 0 aliphatic carbocycles. The fourth-order valence-electron chi connectivity index (χ4n) is 2.65. The number of H-pyrrole nitrogens is 1. The van der Waals surface area contributed by atoms with Gasteiger partial charge in [-0.15, -0.1) is 0 Å². The molecule has 128 valence electrons. The Morgan fingerprint density at radius 1 is 1.25 bits per heavy atom. The van der Waals surface area contributed by atoms with E-state index in [-0.39, 0.29) is 12.0 Å². The van der Waals surface area contributed by atoms with E-state index in [2.05, 4.69) is 9.97 Å². The van der Waals surface area contributed by atoms with Gasteiger partial charge in [-0.1, -0.05) is 6.07 Å². The molecule has 9 nitrogen and oxygen atoms in total. The van der Waals surface area contributed by atoms with Gasteiger partial charge in [-0.2, -0.15) is 0 Å². The lowest BCUT2D eigenvalue weighted by Gasteiger charge is -2.18. The molecule has 0 bridgehead atoms. The number of nitrogens with one attached hydrogen (secondary N) is 1. The van der Waals surface area contributed by atoms with Crippen molar-refractivity contribution in [3.8, 4) is 0 Å². The molecule has 1 saturated heterocycles. The molecule has 2 aromatic rings. The Morgan fingerprint density at radius 3 is 2.67 bits per heavy atom. The van der Waals surface area contributed by atoms with Crippen LogP contribution < -0.4 is 11.2 Å². The van der Waals surface area contributed by atoms with Crippen molar-refractivity contribution in [3.63, 3.8) is 0 Å². The normalized spacial score (nSPS) is 26.6. The number of aromatic amines is 1. The molecule has 4 N–H and O–H groups in total. The van der Waals surface area contributed by atoms with Crippen molar-refractivity contribution >= 4 is 0 Å². The maximum atomic E-state index is 12.0. The van der Waals surface area contributed by atoms with E-state index < -0.39 is 42.4 Å². The average molecular weight is 335 g/mol. The molecule has 0 saturated carbocycles. The summed E-state index contributed by atoms with van der Waals surface area (Å²) in [6.07, 6.45) is -1.91. The first-order valence-corrected chi connectivity index (χ1v) is 7.38. The highest BCUT2D eigenvalue weighted by Gasteiger charge is 2.43. The second-order valence-electron chi connectivity index (χ2n) is 5.55. The summed E-state index contributed by atoms with van der Waals surface area (Å²) in [5, 5.41) is 29.0. The van der Waals surface area contributed by atoms with Crippen LogP contribution in [0.1, 0.15) is 17.5 Å². The SMILES string of the molecule is O=c1[nH]c(=O)n([C@@H]2O[C@H](CO)[C@@H](O)[C@H]2O)cc1Cc1ccccn1. The van der Waals surface area contributed by atoms with Gasteiger partial charge in [0.2, 0.25) is 0 Å². The van der Waals surface area contributed by atoms with Crippen molar-refractivity contribution in [2.24, 2.45) is 0 Å². The largest absolute Gasteiger partial charge is 0.394 e. The minimum absolute atomic E-state index is 0.186. The molecular weight excluding hydrogens is 318 g/mol. The number of hydrogen-bond donors (Lipinski definition) is 4. The van der Waals surface area contributed by atoms with E-state index >= 15 is 0 Å². The number of aliphatic hydroxyl groups excluding tert-OH is 3. The Kier molecular flexibility index (Phi) is 4.58. The number of ether oxygens (including phenoxy) is 1. The fourth-order valence-corrected chi connectivity index (χ4v) is 2.65. The molecule has 0 aromatic carbocycles. The van der Waals surface area contributed by atoms with Crippen LogP contribution in [0.2, 0.25) is 0 Å². The van der Waals surface area contributed by atoms with Crippen LogP contribution >= 0.6 is 0 Å². The topological polar surface area (TPSA) is 138 Å². The predicted molar refractivity (Wildman–Crippen MR) is 81.4 cm³/mol. The van der Waals surface area contributed by atoms with Crippen molar-refractivity contribution in [2.45, 2.75) is 31.0 Å². The van der Waals surface area contributed by atoms with Crippen molar-refractivity contribution in [3.05, 3.63) is 62.7 Å². The van der Waals surface area contributed by atoms with E-state index in [1.54, 1.807) is 24.4 Å². The maximum Gasteiger partial charge on any atom is 0.330 e. The van der Waals surface area contributed by atoms with E-state index in [9.17, 15) is 19.8 Å². The molecule has 1 aliphatic heterocycles. The van der Waals surface area contributed by atoms with Gasteiger partial charge in [0.1, 0.15) is 18.3 Å². The zero-order valence-electron chi connectivity index (χ0n) is 12.6. The molecule has 0 radical (unpaired) electrons.